The lowest BCUT2D eigenvalue weighted by atomic mass is 10.1. The Hall–Kier alpha value is -3.31. The van der Waals surface area contributed by atoms with E-state index in [1.807, 2.05) is 0 Å². The van der Waals surface area contributed by atoms with Crippen molar-refractivity contribution in [1.82, 2.24) is 10.2 Å². The molecule has 0 atom stereocenters. The number of rotatable bonds is 8. The highest BCUT2D eigenvalue weighted by atomic mass is 79.9. The van der Waals surface area contributed by atoms with Gasteiger partial charge in [0, 0.05) is 10.6 Å². The maximum atomic E-state index is 12.8. The highest BCUT2D eigenvalue weighted by molar-refractivity contribution is 9.10. The standard InChI is InChI=1S/C21H18BrClN2O8/c1-3-31-17(26)10-32-18-11(6-12(23)8-14(18)22)7-15-19(27)25(21(29)24-15)9-13-4-5-16(33-13)20(28)30-2/h4-8H,3,9-10H2,1-2H3,(H,24,29)/b15-7-. The number of amides is 3. The third-order valence-corrected chi connectivity index (χ3v) is 5.11. The minimum Gasteiger partial charge on any atom is -0.480 e. The summed E-state index contributed by atoms with van der Waals surface area (Å²) in [5.74, 6) is -1.50. The zero-order chi connectivity index (χ0) is 24.1. The Balaban J connectivity index is 1.83. The predicted molar refractivity (Wildman–Crippen MR) is 118 cm³/mol. The first kappa shape index (κ1) is 24.3. The highest BCUT2D eigenvalue weighted by Gasteiger charge is 2.34. The van der Waals surface area contributed by atoms with Crippen molar-refractivity contribution in [1.29, 1.82) is 0 Å². The van der Waals surface area contributed by atoms with Gasteiger partial charge in [0.05, 0.1) is 24.7 Å². The number of carbonyl (C=O) groups excluding carboxylic acids is 4. The molecule has 2 aromatic rings. The summed E-state index contributed by atoms with van der Waals surface area (Å²) in [5, 5.41) is 2.80. The molecule has 3 rings (SSSR count). The molecule has 2 heterocycles. The summed E-state index contributed by atoms with van der Waals surface area (Å²) in [6.07, 6.45) is 1.37. The second-order valence-corrected chi connectivity index (χ2v) is 7.83. The fourth-order valence-electron chi connectivity index (χ4n) is 2.87. The van der Waals surface area contributed by atoms with E-state index in [1.165, 1.54) is 31.4 Å². The van der Waals surface area contributed by atoms with Crippen LogP contribution in [0.25, 0.3) is 6.08 Å². The number of methoxy groups -OCH3 is 1. The largest absolute Gasteiger partial charge is 0.480 e. The number of benzene rings is 1. The Morgan fingerprint density at radius 3 is 2.73 bits per heavy atom. The van der Waals surface area contributed by atoms with Gasteiger partial charge in [0.15, 0.2) is 6.61 Å². The molecule has 12 heteroatoms. The molecule has 0 unspecified atom stereocenters. The number of imide groups is 1. The summed E-state index contributed by atoms with van der Waals surface area (Å²) < 4.78 is 20.7. The van der Waals surface area contributed by atoms with Gasteiger partial charge in [-0.2, -0.15) is 0 Å². The zero-order valence-corrected chi connectivity index (χ0v) is 19.8. The Morgan fingerprint density at radius 1 is 1.27 bits per heavy atom. The number of esters is 2. The zero-order valence-electron chi connectivity index (χ0n) is 17.5. The molecule has 0 radical (unpaired) electrons. The van der Waals surface area contributed by atoms with Crippen LogP contribution in [-0.2, 0) is 25.6 Å². The molecule has 1 aromatic heterocycles. The second-order valence-electron chi connectivity index (χ2n) is 6.54. The van der Waals surface area contributed by atoms with Gasteiger partial charge >= 0.3 is 18.0 Å². The van der Waals surface area contributed by atoms with Crippen LogP contribution in [0.1, 0.15) is 28.8 Å². The first-order valence-corrected chi connectivity index (χ1v) is 10.7. The first-order chi connectivity index (χ1) is 15.7. The molecule has 1 N–H and O–H groups in total. The number of urea groups is 1. The van der Waals surface area contributed by atoms with Crippen LogP contribution in [0.5, 0.6) is 5.75 Å². The van der Waals surface area contributed by atoms with E-state index in [4.69, 9.17) is 25.5 Å². The van der Waals surface area contributed by atoms with E-state index in [0.29, 0.717) is 15.1 Å². The molecule has 1 aliphatic rings. The van der Waals surface area contributed by atoms with Crippen molar-refractivity contribution in [2.24, 2.45) is 0 Å². The molecule has 1 fully saturated rings. The molecular formula is C21H18BrClN2O8. The Labute approximate surface area is 201 Å². The van der Waals surface area contributed by atoms with Gasteiger partial charge in [-0.05, 0) is 53.2 Å². The van der Waals surface area contributed by atoms with E-state index < -0.39 is 23.9 Å². The SMILES string of the molecule is CCOC(=O)COc1c(Br)cc(Cl)cc1/C=C1\NC(=O)N(Cc2ccc(C(=O)OC)o2)C1=O. The quantitative estimate of drug-likeness (QED) is 0.306. The third-order valence-electron chi connectivity index (χ3n) is 4.30. The van der Waals surface area contributed by atoms with Gasteiger partial charge in [0.25, 0.3) is 5.91 Å². The minimum absolute atomic E-state index is 0.0464. The van der Waals surface area contributed by atoms with E-state index in [1.54, 1.807) is 13.0 Å². The van der Waals surface area contributed by atoms with Crippen molar-refractivity contribution in [3.05, 3.63) is 56.5 Å². The van der Waals surface area contributed by atoms with E-state index in [0.717, 1.165) is 4.90 Å². The molecule has 0 bridgehead atoms. The summed E-state index contributed by atoms with van der Waals surface area (Å²) in [7, 11) is 1.21. The molecular weight excluding hydrogens is 524 g/mol. The van der Waals surface area contributed by atoms with Crippen molar-refractivity contribution < 1.29 is 37.8 Å². The van der Waals surface area contributed by atoms with Crippen LogP contribution >= 0.6 is 27.5 Å². The second kappa shape index (κ2) is 10.5. The van der Waals surface area contributed by atoms with Gasteiger partial charge < -0.3 is 23.9 Å². The van der Waals surface area contributed by atoms with E-state index in [-0.39, 0.29) is 42.7 Å². The monoisotopic (exact) mass is 540 g/mol. The lowest BCUT2D eigenvalue weighted by Crippen LogP contribution is -2.30. The number of hydrogen-bond acceptors (Lipinski definition) is 8. The van der Waals surface area contributed by atoms with Gasteiger partial charge in [-0.25, -0.2) is 14.4 Å². The van der Waals surface area contributed by atoms with Crippen molar-refractivity contribution in [2.75, 3.05) is 20.3 Å². The van der Waals surface area contributed by atoms with E-state index >= 15 is 0 Å². The van der Waals surface area contributed by atoms with Crippen LogP contribution in [0.4, 0.5) is 4.79 Å². The third kappa shape index (κ3) is 5.74. The Kier molecular flexibility index (Phi) is 7.77. The number of halogens is 2. The normalized spacial score (nSPS) is 14.4. The first-order valence-electron chi connectivity index (χ1n) is 9.52. The molecule has 33 heavy (non-hydrogen) atoms. The van der Waals surface area contributed by atoms with Crippen LogP contribution in [0.2, 0.25) is 5.02 Å². The van der Waals surface area contributed by atoms with Crippen LogP contribution in [-0.4, -0.2) is 49.1 Å². The summed E-state index contributed by atoms with van der Waals surface area (Å²) in [5.41, 5.74) is 0.296. The fraction of sp³-hybridized carbons (Fsp3) is 0.238. The van der Waals surface area contributed by atoms with Crippen LogP contribution in [0, 0.1) is 0 Å². The van der Waals surface area contributed by atoms with Gasteiger partial charge in [-0.3, -0.25) is 9.69 Å². The maximum absolute atomic E-state index is 12.8. The predicted octanol–water partition coefficient (Wildman–Crippen LogP) is 3.52. The number of nitrogens with one attached hydrogen (secondary N) is 1. The van der Waals surface area contributed by atoms with Crippen LogP contribution in [0.3, 0.4) is 0 Å². The molecule has 1 saturated heterocycles. The molecule has 1 aromatic carbocycles. The average Bonchev–Trinajstić information content (AvgIpc) is 3.33. The van der Waals surface area contributed by atoms with Gasteiger partial charge in [-0.15, -0.1) is 0 Å². The Morgan fingerprint density at radius 2 is 2.03 bits per heavy atom. The van der Waals surface area contributed by atoms with Crippen molar-refractivity contribution in [3.8, 4) is 5.75 Å². The van der Waals surface area contributed by atoms with Crippen molar-refractivity contribution in [2.45, 2.75) is 13.5 Å². The molecule has 0 saturated carbocycles. The number of hydrogen-bond donors (Lipinski definition) is 1. The highest BCUT2D eigenvalue weighted by Crippen LogP contribution is 2.34. The summed E-state index contributed by atoms with van der Waals surface area (Å²) in [4.78, 5) is 49.3. The molecule has 174 valence electrons. The van der Waals surface area contributed by atoms with Crippen molar-refractivity contribution in [3.63, 3.8) is 0 Å². The molecule has 0 aliphatic carbocycles. The maximum Gasteiger partial charge on any atom is 0.373 e. The van der Waals surface area contributed by atoms with Crippen LogP contribution < -0.4 is 10.1 Å². The molecule has 10 nitrogen and oxygen atoms in total. The van der Waals surface area contributed by atoms with E-state index in [9.17, 15) is 19.2 Å². The van der Waals surface area contributed by atoms with Gasteiger partial charge in [0.1, 0.15) is 17.2 Å². The van der Waals surface area contributed by atoms with E-state index in [2.05, 4.69) is 26.0 Å². The fourth-order valence-corrected chi connectivity index (χ4v) is 3.82. The smallest absolute Gasteiger partial charge is 0.373 e. The van der Waals surface area contributed by atoms with Gasteiger partial charge in [0.2, 0.25) is 5.76 Å². The summed E-state index contributed by atoms with van der Waals surface area (Å²) in [6, 6.07) is 5.23. The average molecular weight is 542 g/mol. The Bertz CT molecular complexity index is 1140. The topological polar surface area (TPSA) is 124 Å². The van der Waals surface area contributed by atoms with Crippen molar-refractivity contribution >= 4 is 57.5 Å². The number of carbonyl (C=O) groups is 4. The molecule has 0 spiro atoms. The molecule has 1 aliphatic heterocycles. The lowest BCUT2D eigenvalue weighted by Gasteiger charge is -2.12. The number of ether oxygens (including phenoxy) is 3. The number of furan rings is 1. The minimum atomic E-state index is -0.683. The van der Waals surface area contributed by atoms with Crippen LogP contribution in [0.15, 0.2) is 38.9 Å². The number of nitrogens with zero attached hydrogens (tertiary/aromatic N) is 1. The summed E-state index contributed by atoms with van der Waals surface area (Å²) in [6.45, 7) is 1.31. The van der Waals surface area contributed by atoms with Gasteiger partial charge in [-0.1, -0.05) is 11.6 Å². The molecule has 3 amide bonds. The summed E-state index contributed by atoms with van der Waals surface area (Å²) >= 11 is 9.44. The lowest BCUT2D eigenvalue weighted by molar-refractivity contribution is -0.145.